The Morgan fingerprint density at radius 3 is 2.53 bits per heavy atom. The number of benzene rings is 1. The van der Waals surface area contributed by atoms with Crippen LogP contribution in [0.2, 0.25) is 0 Å². The Morgan fingerprint density at radius 1 is 1.24 bits per heavy atom. The molecule has 0 aliphatic rings. The standard InChI is InChI=1S/C13H10FNO2/c1-8-2-3-10(7-15-8)9-4-5-12(14)11(6-9)13(16)17/h2-7H,1H3,(H,16,17). The van der Waals surface area contributed by atoms with Gasteiger partial charge in [0.15, 0.2) is 0 Å². The summed E-state index contributed by atoms with van der Waals surface area (Å²) >= 11 is 0. The molecule has 2 aromatic rings. The van der Waals surface area contributed by atoms with Crippen LogP contribution < -0.4 is 0 Å². The molecule has 0 fully saturated rings. The maximum atomic E-state index is 13.2. The molecule has 0 radical (unpaired) electrons. The van der Waals surface area contributed by atoms with Gasteiger partial charge in [-0.2, -0.15) is 0 Å². The molecule has 86 valence electrons. The van der Waals surface area contributed by atoms with Crippen LogP contribution in [0.4, 0.5) is 4.39 Å². The van der Waals surface area contributed by atoms with Gasteiger partial charge in [-0.05, 0) is 30.7 Å². The van der Waals surface area contributed by atoms with Crippen molar-refractivity contribution in [1.82, 2.24) is 4.98 Å². The van der Waals surface area contributed by atoms with Crippen molar-refractivity contribution in [2.75, 3.05) is 0 Å². The third kappa shape index (κ3) is 2.30. The van der Waals surface area contributed by atoms with E-state index < -0.39 is 11.8 Å². The Kier molecular flexibility index (Phi) is 2.87. The molecular weight excluding hydrogens is 221 g/mol. The monoisotopic (exact) mass is 231 g/mol. The van der Waals surface area contributed by atoms with Gasteiger partial charge in [-0.25, -0.2) is 9.18 Å². The highest BCUT2D eigenvalue weighted by Gasteiger charge is 2.11. The summed E-state index contributed by atoms with van der Waals surface area (Å²) in [6, 6.07) is 7.64. The number of nitrogens with zero attached hydrogens (tertiary/aromatic N) is 1. The van der Waals surface area contributed by atoms with Gasteiger partial charge < -0.3 is 5.11 Å². The number of carboxylic acid groups (broad SMARTS) is 1. The summed E-state index contributed by atoms with van der Waals surface area (Å²) in [5.74, 6) is -2.01. The first kappa shape index (κ1) is 11.3. The molecule has 0 unspecified atom stereocenters. The van der Waals surface area contributed by atoms with Gasteiger partial charge in [-0.1, -0.05) is 12.1 Å². The van der Waals surface area contributed by atoms with Crippen molar-refractivity contribution in [3.63, 3.8) is 0 Å². The van der Waals surface area contributed by atoms with Crippen LogP contribution in [0.5, 0.6) is 0 Å². The summed E-state index contributed by atoms with van der Waals surface area (Å²) in [6.45, 7) is 1.86. The zero-order chi connectivity index (χ0) is 12.4. The smallest absolute Gasteiger partial charge is 0.338 e. The molecular formula is C13H10FNO2. The van der Waals surface area contributed by atoms with E-state index in [-0.39, 0.29) is 5.56 Å². The second-order valence-electron chi connectivity index (χ2n) is 3.69. The molecule has 0 amide bonds. The van der Waals surface area contributed by atoms with Gasteiger partial charge in [-0.15, -0.1) is 0 Å². The van der Waals surface area contributed by atoms with Crippen molar-refractivity contribution < 1.29 is 14.3 Å². The minimum absolute atomic E-state index is 0.330. The average Bonchev–Trinajstić information content (AvgIpc) is 2.30. The number of pyridine rings is 1. The van der Waals surface area contributed by atoms with Gasteiger partial charge in [0.05, 0.1) is 5.56 Å². The zero-order valence-corrected chi connectivity index (χ0v) is 9.14. The van der Waals surface area contributed by atoms with Gasteiger partial charge >= 0.3 is 5.97 Å². The molecule has 17 heavy (non-hydrogen) atoms. The topological polar surface area (TPSA) is 50.2 Å². The summed E-state index contributed by atoms with van der Waals surface area (Å²) in [5, 5.41) is 8.83. The fraction of sp³-hybridized carbons (Fsp3) is 0.0769. The van der Waals surface area contributed by atoms with Crippen molar-refractivity contribution in [1.29, 1.82) is 0 Å². The Bertz CT molecular complexity index is 564. The molecule has 4 heteroatoms. The predicted octanol–water partition coefficient (Wildman–Crippen LogP) is 2.89. The molecule has 0 atom stereocenters. The maximum Gasteiger partial charge on any atom is 0.338 e. The Morgan fingerprint density at radius 2 is 1.94 bits per heavy atom. The zero-order valence-electron chi connectivity index (χ0n) is 9.14. The molecule has 0 saturated heterocycles. The highest BCUT2D eigenvalue weighted by atomic mass is 19.1. The third-order valence-electron chi connectivity index (χ3n) is 2.44. The van der Waals surface area contributed by atoms with Crippen LogP contribution in [0.25, 0.3) is 11.1 Å². The quantitative estimate of drug-likeness (QED) is 0.864. The van der Waals surface area contributed by atoms with Crippen LogP contribution in [0.3, 0.4) is 0 Å². The van der Waals surface area contributed by atoms with Crippen molar-refractivity contribution in [3.05, 3.63) is 53.6 Å². The van der Waals surface area contributed by atoms with E-state index in [0.29, 0.717) is 5.56 Å². The Hall–Kier alpha value is -2.23. The van der Waals surface area contributed by atoms with E-state index in [4.69, 9.17) is 5.11 Å². The molecule has 1 aromatic carbocycles. The van der Waals surface area contributed by atoms with Gasteiger partial charge in [-0.3, -0.25) is 4.98 Å². The lowest BCUT2D eigenvalue weighted by molar-refractivity contribution is 0.0692. The fourth-order valence-electron chi connectivity index (χ4n) is 1.51. The number of aromatic nitrogens is 1. The summed E-state index contributed by atoms with van der Waals surface area (Å²) in [4.78, 5) is 14.9. The number of hydrogen-bond donors (Lipinski definition) is 1. The number of carbonyl (C=O) groups is 1. The highest BCUT2D eigenvalue weighted by molar-refractivity contribution is 5.89. The van der Waals surface area contributed by atoms with Gasteiger partial charge in [0.25, 0.3) is 0 Å². The number of hydrogen-bond acceptors (Lipinski definition) is 2. The van der Waals surface area contributed by atoms with E-state index in [0.717, 1.165) is 17.3 Å². The molecule has 0 aliphatic heterocycles. The van der Waals surface area contributed by atoms with Crippen LogP contribution in [-0.4, -0.2) is 16.1 Å². The van der Waals surface area contributed by atoms with Gasteiger partial charge in [0.2, 0.25) is 0 Å². The van der Waals surface area contributed by atoms with E-state index in [1.165, 1.54) is 12.1 Å². The minimum Gasteiger partial charge on any atom is -0.478 e. The second kappa shape index (κ2) is 4.33. The molecule has 2 rings (SSSR count). The maximum absolute atomic E-state index is 13.2. The number of aromatic carboxylic acids is 1. The third-order valence-corrected chi connectivity index (χ3v) is 2.44. The number of carboxylic acids is 1. The van der Waals surface area contributed by atoms with Crippen LogP contribution in [0.15, 0.2) is 36.5 Å². The molecule has 1 aromatic heterocycles. The number of rotatable bonds is 2. The van der Waals surface area contributed by atoms with Crippen LogP contribution >= 0.6 is 0 Å². The molecule has 0 spiro atoms. The lowest BCUT2D eigenvalue weighted by Crippen LogP contribution is -2.00. The second-order valence-corrected chi connectivity index (χ2v) is 3.69. The lowest BCUT2D eigenvalue weighted by Gasteiger charge is -2.04. The first-order chi connectivity index (χ1) is 8.08. The normalized spacial score (nSPS) is 10.2. The molecule has 1 heterocycles. The fourth-order valence-corrected chi connectivity index (χ4v) is 1.51. The summed E-state index contributed by atoms with van der Waals surface area (Å²) < 4.78 is 13.2. The largest absolute Gasteiger partial charge is 0.478 e. The average molecular weight is 231 g/mol. The minimum atomic E-state index is -1.27. The predicted molar refractivity (Wildman–Crippen MR) is 61.3 cm³/mol. The number of halogens is 1. The van der Waals surface area contributed by atoms with Crippen molar-refractivity contribution in [2.45, 2.75) is 6.92 Å². The summed E-state index contributed by atoms with van der Waals surface area (Å²) in [7, 11) is 0. The summed E-state index contributed by atoms with van der Waals surface area (Å²) in [6.07, 6.45) is 1.63. The molecule has 0 bridgehead atoms. The number of aryl methyl sites for hydroxylation is 1. The lowest BCUT2D eigenvalue weighted by atomic mass is 10.0. The SMILES string of the molecule is Cc1ccc(-c2ccc(F)c(C(=O)O)c2)cn1. The van der Waals surface area contributed by atoms with E-state index in [9.17, 15) is 9.18 Å². The van der Waals surface area contributed by atoms with E-state index in [1.54, 1.807) is 6.20 Å². The van der Waals surface area contributed by atoms with Gasteiger partial charge in [0.1, 0.15) is 5.82 Å². The molecule has 0 aliphatic carbocycles. The van der Waals surface area contributed by atoms with E-state index in [1.807, 2.05) is 19.1 Å². The van der Waals surface area contributed by atoms with E-state index in [2.05, 4.69) is 4.98 Å². The molecule has 0 saturated carbocycles. The van der Waals surface area contributed by atoms with Crippen molar-refractivity contribution in [3.8, 4) is 11.1 Å². The van der Waals surface area contributed by atoms with Crippen LogP contribution in [0.1, 0.15) is 16.1 Å². The van der Waals surface area contributed by atoms with E-state index >= 15 is 0 Å². The van der Waals surface area contributed by atoms with Crippen molar-refractivity contribution in [2.24, 2.45) is 0 Å². The first-order valence-corrected chi connectivity index (χ1v) is 5.04. The van der Waals surface area contributed by atoms with Crippen LogP contribution in [0, 0.1) is 12.7 Å². The van der Waals surface area contributed by atoms with Crippen LogP contribution in [-0.2, 0) is 0 Å². The van der Waals surface area contributed by atoms with Gasteiger partial charge in [0, 0.05) is 17.5 Å². The Balaban J connectivity index is 2.50. The highest BCUT2D eigenvalue weighted by Crippen LogP contribution is 2.21. The Labute approximate surface area is 97.6 Å². The van der Waals surface area contributed by atoms with Crippen molar-refractivity contribution >= 4 is 5.97 Å². The molecule has 1 N–H and O–H groups in total. The molecule has 3 nitrogen and oxygen atoms in total. The summed E-state index contributed by atoms with van der Waals surface area (Å²) in [5.41, 5.74) is 1.94. The first-order valence-electron chi connectivity index (χ1n) is 5.04.